The third-order valence-corrected chi connectivity index (χ3v) is 4.63. The summed E-state index contributed by atoms with van der Waals surface area (Å²) in [6.45, 7) is 4.44. The van der Waals surface area contributed by atoms with Gasteiger partial charge in [-0.3, -0.25) is 4.79 Å². The molecule has 1 aromatic carbocycles. The van der Waals surface area contributed by atoms with Gasteiger partial charge in [-0.1, -0.05) is 19.9 Å². The first-order valence-corrected chi connectivity index (χ1v) is 8.11. The highest BCUT2D eigenvalue weighted by molar-refractivity contribution is 8.00. The molecule has 1 aliphatic rings. The van der Waals surface area contributed by atoms with E-state index >= 15 is 0 Å². The molecule has 0 saturated heterocycles. The van der Waals surface area contributed by atoms with Crippen molar-refractivity contribution in [3.05, 3.63) is 29.3 Å². The molecule has 1 amide bonds. The Morgan fingerprint density at radius 1 is 1.35 bits per heavy atom. The number of carbonyl (C=O) groups is 1. The average molecular weight is 293 g/mol. The Hall–Kier alpha value is -1.00. The van der Waals surface area contributed by atoms with Gasteiger partial charge < -0.3 is 10.4 Å². The first-order chi connectivity index (χ1) is 9.50. The molecular weight excluding hydrogens is 270 g/mol. The molecule has 0 aliphatic heterocycles. The van der Waals surface area contributed by atoms with Crippen molar-refractivity contribution in [2.75, 3.05) is 18.9 Å². The summed E-state index contributed by atoms with van der Waals surface area (Å²) in [6, 6.07) is 6.52. The van der Waals surface area contributed by atoms with Gasteiger partial charge >= 0.3 is 0 Å². The number of hydrogen-bond donors (Lipinski definition) is 2. The van der Waals surface area contributed by atoms with Gasteiger partial charge in [0, 0.05) is 23.5 Å². The molecule has 1 aliphatic carbocycles. The molecular formula is C16H23NO2S. The topological polar surface area (TPSA) is 49.3 Å². The van der Waals surface area contributed by atoms with E-state index in [0.29, 0.717) is 12.3 Å². The van der Waals surface area contributed by atoms with Gasteiger partial charge in [-0.25, -0.2) is 0 Å². The van der Waals surface area contributed by atoms with Gasteiger partial charge in [-0.2, -0.15) is 0 Å². The van der Waals surface area contributed by atoms with Crippen LogP contribution in [0.1, 0.15) is 31.4 Å². The third kappa shape index (κ3) is 4.25. The molecule has 0 radical (unpaired) electrons. The first-order valence-electron chi connectivity index (χ1n) is 7.12. The Labute approximate surface area is 125 Å². The van der Waals surface area contributed by atoms with Crippen LogP contribution in [0, 0.1) is 5.41 Å². The van der Waals surface area contributed by atoms with Crippen LogP contribution < -0.4 is 5.32 Å². The number of thioether (sulfide) groups is 1. The normalized spacial score (nSPS) is 14.2. The first kappa shape index (κ1) is 15.4. The highest BCUT2D eigenvalue weighted by atomic mass is 32.2. The maximum Gasteiger partial charge on any atom is 0.230 e. The predicted octanol–water partition coefficient (Wildman–Crippen LogP) is 2.40. The highest BCUT2D eigenvalue weighted by Gasteiger charge is 2.17. The molecule has 0 heterocycles. The molecule has 3 nitrogen and oxygen atoms in total. The Morgan fingerprint density at radius 3 is 2.85 bits per heavy atom. The second-order valence-electron chi connectivity index (χ2n) is 6.17. The molecule has 0 atom stereocenters. The number of amides is 1. The molecule has 2 rings (SSSR count). The predicted molar refractivity (Wildman–Crippen MR) is 83.1 cm³/mol. The maximum atomic E-state index is 11.8. The molecule has 4 heteroatoms. The minimum absolute atomic E-state index is 0.0250. The van der Waals surface area contributed by atoms with E-state index in [2.05, 4.69) is 23.5 Å². The summed E-state index contributed by atoms with van der Waals surface area (Å²) in [6.07, 6.45) is 3.61. The fourth-order valence-corrected chi connectivity index (χ4v) is 3.02. The van der Waals surface area contributed by atoms with Crippen molar-refractivity contribution in [1.82, 2.24) is 5.32 Å². The molecule has 0 bridgehead atoms. The van der Waals surface area contributed by atoms with E-state index in [1.165, 1.54) is 35.3 Å². The summed E-state index contributed by atoms with van der Waals surface area (Å²) in [5.41, 5.74) is 2.65. The van der Waals surface area contributed by atoms with E-state index < -0.39 is 0 Å². The van der Waals surface area contributed by atoms with Crippen molar-refractivity contribution >= 4 is 17.7 Å². The van der Waals surface area contributed by atoms with E-state index in [1.54, 1.807) is 11.8 Å². The third-order valence-electron chi connectivity index (χ3n) is 3.63. The number of hydrogen-bond acceptors (Lipinski definition) is 3. The zero-order valence-corrected chi connectivity index (χ0v) is 13.1. The fourth-order valence-electron chi connectivity index (χ4n) is 2.23. The molecule has 0 unspecified atom stereocenters. The van der Waals surface area contributed by atoms with Crippen LogP contribution in [0.4, 0.5) is 0 Å². The number of carbonyl (C=O) groups excluding carboxylic acids is 1. The highest BCUT2D eigenvalue weighted by Crippen LogP contribution is 2.27. The zero-order valence-electron chi connectivity index (χ0n) is 12.2. The van der Waals surface area contributed by atoms with Crippen LogP contribution in [0.5, 0.6) is 0 Å². The second kappa shape index (κ2) is 6.64. The fraction of sp³-hybridized carbons (Fsp3) is 0.562. The van der Waals surface area contributed by atoms with Gasteiger partial charge in [0.2, 0.25) is 5.91 Å². The Bertz CT molecular complexity index is 485. The lowest BCUT2D eigenvalue weighted by atomic mass is 9.95. The van der Waals surface area contributed by atoms with Crippen LogP contribution in [-0.2, 0) is 17.6 Å². The van der Waals surface area contributed by atoms with Gasteiger partial charge in [0.25, 0.3) is 0 Å². The molecule has 0 spiro atoms. The van der Waals surface area contributed by atoms with Crippen LogP contribution in [-0.4, -0.2) is 29.9 Å². The monoisotopic (exact) mass is 293 g/mol. The molecule has 20 heavy (non-hydrogen) atoms. The van der Waals surface area contributed by atoms with E-state index in [-0.39, 0.29) is 17.9 Å². The molecule has 1 aromatic rings. The second-order valence-corrected chi connectivity index (χ2v) is 7.22. The number of rotatable bonds is 6. The zero-order chi connectivity index (χ0) is 14.6. The smallest absolute Gasteiger partial charge is 0.230 e. The maximum absolute atomic E-state index is 11.8. The number of aliphatic hydroxyl groups is 1. The molecule has 0 aromatic heterocycles. The van der Waals surface area contributed by atoms with E-state index in [1.807, 2.05) is 13.8 Å². The van der Waals surface area contributed by atoms with Crippen molar-refractivity contribution < 1.29 is 9.90 Å². The van der Waals surface area contributed by atoms with Crippen LogP contribution in [0.3, 0.4) is 0 Å². The summed E-state index contributed by atoms with van der Waals surface area (Å²) in [5, 5.41) is 12.0. The van der Waals surface area contributed by atoms with Crippen molar-refractivity contribution in [1.29, 1.82) is 0 Å². The molecule has 0 fully saturated rings. The quantitative estimate of drug-likeness (QED) is 0.792. The number of aliphatic hydroxyl groups excluding tert-OH is 1. The largest absolute Gasteiger partial charge is 0.396 e. The van der Waals surface area contributed by atoms with Gasteiger partial charge in [-0.15, -0.1) is 11.8 Å². The number of benzene rings is 1. The number of nitrogens with one attached hydrogen (secondary N) is 1. The van der Waals surface area contributed by atoms with Gasteiger partial charge in [0.15, 0.2) is 0 Å². The molecule has 2 N–H and O–H groups in total. The number of aryl methyl sites for hydroxylation is 2. The standard InChI is InChI=1S/C16H23NO2S/c1-16(2,11-18)10-17-15(19)9-20-14-7-6-12-4-3-5-13(12)8-14/h6-8,18H,3-5,9-11H2,1-2H3,(H,17,19). The summed E-state index contributed by atoms with van der Waals surface area (Å²) >= 11 is 1.58. The summed E-state index contributed by atoms with van der Waals surface area (Å²) < 4.78 is 0. The van der Waals surface area contributed by atoms with Crippen molar-refractivity contribution in [3.8, 4) is 0 Å². The lowest BCUT2D eigenvalue weighted by molar-refractivity contribution is -0.119. The average Bonchev–Trinajstić information content (AvgIpc) is 2.90. The summed E-state index contributed by atoms with van der Waals surface area (Å²) in [4.78, 5) is 13.0. The molecule has 0 saturated carbocycles. The van der Waals surface area contributed by atoms with Crippen molar-refractivity contribution in [3.63, 3.8) is 0 Å². The minimum Gasteiger partial charge on any atom is -0.396 e. The molecule has 110 valence electrons. The van der Waals surface area contributed by atoms with E-state index in [0.717, 1.165) is 0 Å². The lowest BCUT2D eigenvalue weighted by Gasteiger charge is -2.21. The Balaban J connectivity index is 1.79. The SMILES string of the molecule is CC(C)(CO)CNC(=O)CSc1ccc2c(c1)CCC2. The minimum atomic E-state index is -0.256. The number of fused-ring (bicyclic) bond motifs is 1. The van der Waals surface area contributed by atoms with Crippen molar-refractivity contribution in [2.24, 2.45) is 5.41 Å². The van der Waals surface area contributed by atoms with Gasteiger partial charge in [-0.05, 0) is 42.5 Å². The van der Waals surface area contributed by atoms with Crippen molar-refractivity contribution in [2.45, 2.75) is 38.0 Å². The summed E-state index contributed by atoms with van der Waals surface area (Å²) in [7, 11) is 0. The van der Waals surface area contributed by atoms with E-state index in [9.17, 15) is 4.79 Å². The van der Waals surface area contributed by atoms with Gasteiger partial charge in [0.1, 0.15) is 0 Å². The van der Waals surface area contributed by atoms with Gasteiger partial charge in [0.05, 0.1) is 5.75 Å². The Kier molecular flexibility index (Phi) is 5.11. The lowest BCUT2D eigenvalue weighted by Crippen LogP contribution is -2.36. The van der Waals surface area contributed by atoms with E-state index in [4.69, 9.17) is 5.11 Å². The Morgan fingerprint density at radius 2 is 2.10 bits per heavy atom. The van der Waals surface area contributed by atoms with Crippen LogP contribution in [0.15, 0.2) is 23.1 Å². The van der Waals surface area contributed by atoms with Crippen LogP contribution in [0.2, 0.25) is 0 Å². The summed E-state index contributed by atoms with van der Waals surface area (Å²) in [5.74, 6) is 0.456. The van der Waals surface area contributed by atoms with Crippen LogP contribution >= 0.6 is 11.8 Å². The van der Waals surface area contributed by atoms with Crippen LogP contribution in [0.25, 0.3) is 0 Å².